The molecule has 1 spiro atoms. The van der Waals surface area contributed by atoms with Crippen LogP contribution in [0.15, 0.2) is 42.7 Å². The molecule has 53 heavy (non-hydrogen) atoms. The number of carbonyl (C=O) groups is 3. The second-order valence-electron chi connectivity index (χ2n) is 15.6. The molecule has 0 radical (unpaired) electrons. The largest absolute Gasteiger partial charge is 0.355 e. The lowest BCUT2D eigenvalue weighted by molar-refractivity contribution is -0.134. The number of nitrogens with zero attached hydrogens (tertiary/aromatic N) is 7. The van der Waals surface area contributed by atoms with Gasteiger partial charge < -0.3 is 24.6 Å². The first-order valence-electron chi connectivity index (χ1n) is 19.0. The minimum atomic E-state index is -0.666. The van der Waals surface area contributed by atoms with E-state index in [0.717, 1.165) is 48.3 Å². The van der Waals surface area contributed by atoms with Gasteiger partial charge in [0.05, 0.1) is 28.6 Å². The van der Waals surface area contributed by atoms with Crippen molar-refractivity contribution < 1.29 is 18.8 Å². The van der Waals surface area contributed by atoms with E-state index in [2.05, 4.69) is 32.7 Å². The van der Waals surface area contributed by atoms with Gasteiger partial charge in [0.15, 0.2) is 5.82 Å². The summed E-state index contributed by atoms with van der Waals surface area (Å²) in [7, 11) is 1.55. The summed E-state index contributed by atoms with van der Waals surface area (Å²) in [6.07, 6.45) is 8.35. The predicted molar refractivity (Wildman–Crippen MR) is 200 cm³/mol. The number of likely N-dealkylation sites (tertiary alicyclic amines) is 2. The van der Waals surface area contributed by atoms with Gasteiger partial charge in [0.2, 0.25) is 11.8 Å². The molecule has 5 aliphatic rings. The van der Waals surface area contributed by atoms with Gasteiger partial charge in [0.1, 0.15) is 17.5 Å². The van der Waals surface area contributed by atoms with Gasteiger partial charge in [-0.15, -0.1) is 0 Å². The van der Waals surface area contributed by atoms with E-state index in [1.807, 2.05) is 28.5 Å². The number of halogens is 1. The number of pyridine rings is 1. The van der Waals surface area contributed by atoms with Crippen LogP contribution in [-0.2, 0) is 15.0 Å². The van der Waals surface area contributed by atoms with Crippen LogP contribution in [0.5, 0.6) is 0 Å². The first-order valence-corrected chi connectivity index (χ1v) is 19.0. The van der Waals surface area contributed by atoms with Gasteiger partial charge in [0.25, 0.3) is 5.91 Å². The zero-order valence-electron chi connectivity index (χ0n) is 30.8. The van der Waals surface area contributed by atoms with Crippen molar-refractivity contribution in [1.29, 1.82) is 0 Å². The molecule has 1 saturated carbocycles. The monoisotopic (exact) mass is 719 g/mol. The average molecular weight is 720 g/mol. The molecule has 4 aliphatic heterocycles. The number of carbonyl (C=O) groups excluding carboxylic acids is 3. The van der Waals surface area contributed by atoms with E-state index in [1.165, 1.54) is 25.3 Å². The molecule has 2 saturated heterocycles. The fraction of sp³-hybridized carbons (Fsp3) is 0.475. The Labute approximate surface area is 308 Å². The fourth-order valence-electron chi connectivity index (χ4n) is 9.49. The van der Waals surface area contributed by atoms with Crippen LogP contribution in [0, 0.1) is 12.7 Å². The Hall–Kier alpha value is -4.88. The zero-order chi connectivity index (χ0) is 36.8. The molecule has 4 aromatic rings. The molecule has 9 rings (SSSR count). The average Bonchev–Trinajstić information content (AvgIpc) is 3.67. The smallest absolute Gasteiger partial charge is 0.251 e. The van der Waals surface area contributed by atoms with Crippen molar-refractivity contribution in [2.75, 3.05) is 43.1 Å². The highest BCUT2D eigenvalue weighted by Gasteiger charge is 2.55. The quantitative estimate of drug-likeness (QED) is 0.285. The number of aryl methyl sites for hydroxylation is 1. The minimum Gasteiger partial charge on any atom is -0.355 e. The summed E-state index contributed by atoms with van der Waals surface area (Å²) in [5.74, 6) is -0.134. The van der Waals surface area contributed by atoms with Gasteiger partial charge in [-0.2, -0.15) is 0 Å². The maximum Gasteiger partial charge on any atom is 0.251 e. The van der Waals surface area contributed by atoms with E-state index in [1.54, 1.807) is 38.3 Å². The van der Waals surface area contributed by atoms with Crippen molar-refractivity contribution >= 4 is 45.9 Å². The van der Waals surface area contributed by atoms with Crippen LogP contribution in [0.25, 0.3) is 22.3 Å². The van der Waals surface area contributed by atoms with E-state index in [-0.39, 0.29) is 35.6 Å². The summed E-state index contributed by atoms with van der Waals surface area (Å²) in [4.78, 5) is 56.2. The van der Waals surface area contributed by atoms with E-state index < -0.39 is 11.2 Å². The number of amides is 3. The van der Waals surface area contributed by atoms with Crippen molar-refractivity contribution in [2.45, 2.75) is 89.4 Å². The Kier molecular flexibility index (Phi) is 8.08. The molecule has 3 amide bonds. The van der Waals surface area contributed by atoms with E-state index in [4.69, 9.17) is 9.97 Å². The number of hydrazine groups is 1. The van der Waals surface area contributed by atoms with Crippen LogP contribution < -0.4 is 20.7 Å². The topological polar surface area (TPSA) is 119 Å². The van der Waals surface area contributed by atoms with Crippen LogP contribution in [0.1, 0.15) is 86.4 Å². The molecule has 1 atom stereocenters. The van der Waals surface area contributed by atoms with Gasteiger partial charge in [-0.3, -0.25) is 19.4 Å². The second kappa shape index (κ2) is 12.6. The lowest BCUT2D eigenvalue weighted by Crippen LogP contribution is -2.58. The Bertz CT molecular complexity index is 2160. The highest BCUT2D eigenvalue weighted by atomic mass is 19.1. The number of fused-ring (bicyclic) bond motifs is 2. The van der Waals surface area contributed by atoms with Crippen molar-refractivity contribution in [3.05, 3.63) is 65.2 Å². The number of aromatic nitrogens is 3. The van der Waals surface area contributed by atoms with Gasteiger partial charge >= 0.3 is 0 Å². The highest BCUT2D eigenvalue weighted by molar-refractivity contribution is 6.09. The van der Waals surface area contributed by atoms with E-state index >= 15 is 4.39 Å². The Morgan fingerprint density at radius 2 is 1.74 bits per heavy atom. The molecule has 3 fully saturated rings. The molecule has 12 nitrogen and oxygen atoms in total. The highest BCUT2D eigenvalue weighted by Crippen LogP contribution is 2.52. The molecule has 1 unspecified atom stereocenters. The van der Waals surface area contributed by atoms with Crippen molar-refractivity contribution in [3.63, 3.8) is 0 Å². The summed E-state index contributed by atoms with van der Waals surface area (Å²) in [5, 5.41) is 4.28. The number of benzene rings is 2. The van der Waals surface area contributed by atoms with Gasteiger partial charge in [0, 0.05) is 56.0 Å². The molecule has 0 bridgehead atoms. The van der Waals surface area contributed by atoms with Crippen molar-refractivity contribution in [2.24, 2.45) is 0 Å². The summed E-state index contributed by atoms with van der Waals surface area (Å²) >= 11 is 0. The van der Waals surface area contributed by atoms with Gasteiger partial charge in [-0.1, -0.05) is 18.6 Å². The Morgan fingerprint density at radius 1 is 0.981 bits per heavy atom. The number of hydrogen-bond donors (Lipinski definition) is 2. The Morgan fingerprint density at radius 3 is 2.45 bits per heavy atom. The number of anilines is 3. The van der Waals surface area contributed by atoms with Gasteiger partial charge in [-0.25, -0.2) is 19.8 Å². The number of rotatable bonds is 5. The first kappa shape index (κ1) is 33.9. The third-order valence-electron chi connectivity index (χ3n) is 12.6. The van der Waals surface area contributed by atoms with Crippen LogP contribution in [0.4, 0.5) is 21.6 Å². The van der Waals surface area contributed by atoms with E-state index in [9.17, 15) is 14.4 Å². The maximum absolute atomic E-state index is 15.8. The van der Waals surface area contributed by atoms with E-state index in [0.29, 0.717) is 60.1 Å². The van der Waals surface area contributed by atoms with Crippen LogP contribution in [0.3, 0.4) is 0 Å². The Balaban J connectivity index is 1.13. The fourth-order valence-corrected chi connectivity index (χ4v) is 9.49. The molecule has 2 aromatic heterocycles. The molecule has 1 aliphatic carbocycles. The molecular weight excluding hydrogens is 673 g/mol. The second-order valence-corrected chi connectivity index (χ2v) is 15.6. The summed E-state index contributed by atoms with van der Waals surface area (Å²) < 4.78 is 17.8. The van der Waals surface area contributed by atoms with Crippen LogP contribution in [-0.4, -0.2) is 87.4 Å². The number of imidazole rings is 1. The van der Waals surface area contributed by atoms with Crippen LogP contribution in [0.2, 0.25) is 0 Å². The number of hydrogen-bond acceptors (Lipinski definition) is 8. The molecule has 6 heterocycles. The van der Waals surface area contributed by atoms with Crippen molar-refractivity contribution in [3.8, 4) is 11.3 Å². The molecule has 2 N–H and O–H groups in total. The number of piperidine rings is 2. The molecule has 276 valence electrons. The lowest BCUT2D eigenvalue weighted by atomic mass is 9.73. The third-order valence-corrected chi connectivity index (χ3v) is 12.6. The summed E-state index contributed by atoms with van der Waals surface area (Å²) in [6, 6.07) is 11.7. The lowest BCUT2D eigenvalue weighted by Gasteiger charge is -2.48. The SMILES string of the molecule is CNC(=O)c1cc(N2NC(C)n3cnc4cc(-c5ccc6c(c5)N(C5CC(N7CCCCC7)C5)C(=O)C65CCN(C(C)=O)CC5)nc2c43)c(F)cc1C. The maximum atomic E-state index is 15.8. The predicted octanol–water partition coefficient (Wildman–Crippen LogP) is 5.32. The standard InChI is InChI=1S/C40H46FN9O3/c1-23-16-31(41)35(20-29(23)38(52)42-4)50-37-36-33(43-22-48(36)24(2)45-50)21-32(44-37)26-8-9-30-34(17-26)49(28-18-27(19-28)47-12-6-5-7-13-47)39(53)40(30)10-14-46(15-11-40)25(3)51/h8-9,16-17,20-22,24,27-28,45H,5-7,10-15,18-19H2,1-4H3,(H,42,52). The molecule has 13 heteroatoms. The molecule has 2 aromatic carbocycles. The van der Waals surface area contributed by atoms with Crippen molar-refractivity contribution in [1.82, 2.24) is 35.1 Å². The molecular formula is C40H46FN9O3. The summed E-state index contributed by atoms with van der Waals surface area (Å²) in [5.41, 5.74) is 8.64. The normalized spacial score (nSPS) is 23.8. The number of nitrogens with one attached hydrogen (secondary N) is 2. The zero-order valence-corrected chi connectivity index (χ0v) is 30.8. The van der Waals surface area contributed by atoms with Crippen LogP contribution >= 0.6 is 0 Å². The minimum absolute atomic E-state index is 0.0438. The third kappa shape index (κ3) is 5.25. The first-order chi connectivity index (χ1) is 25.6. The summed E-state index contributed by atoms with van der Waals surface area (Å²) in [6.45, 7) is 8.64. The van der Waals surface area contributed by atoms with Gasteiger partial charge in [-0.05, 0) is 101 Å².